The minimum atomic E-state index is 0.0399. The number of thiazole rings is 2. The van der Waals surface area contributed by atoms with E-state index in [1.807, 2.05) is 12.3 Å². The van der Waals surface area contributed by atoms with Crippen LogP contribution in [-0.4, -0.2) is 15.8 Å². The maximum Gasteiger partial charge on any atom is 0.181 e. The summed E-state index contributed by atoms with van der Waals surface area (Å²) in [4.78, 5) is 21.5. The molecule has 0 unspecified atom stereocenters. The molecule has 0 fully saturated rings. The average molecular weight is 280 g/mol. The largest absolute Gasteiger partial charge is 0.293 e. The van der Waals surface area contributed by atoms with Gasteiger partial charge in [-0.2, -0.15) is 0 Å². The first-order valence-electron chi connectivity index (χ1n) is 5.76. The fourth-order valence-electron chi connectivity index (χ4n) is 1.52. The Morgan fingerprint density at radius 3 is 2.56 bits per heavy atom. The van der Waals surface area contributed by atoms with E-state index in [1.165, 1.54) is 11.3 Å². The van der Waals surface area contributed by atoms with Gasteiger partial charge < -0.3 is 0 Å². The highest BCUT2D eigenvalue weighted by atomic mass is 32.1. The quantitative estimate of drug-likeness (QED) is 0.806. The topological polar surface area (TPSA) is 42.9 Å². The first kappa shape index (κ1) is 13.4. The molecule has 0 spiro atoms. The number of ketones is 1. The Labute approximate surface area is 115 Å². The van der Waals surface area contributed by atoms with Crippen molar-refractivity contribution in [3.8, 4) is 0 Å². The number of aryl methyl sites for hydroxylation is 1. The van der Waals surface area contributed by atoms with Gasteiger partial charge in [-0.25, -0.2) is 9.97 Å². The van der Waals surface area contributed by atoms with Crippen molar-refractivity contribution in [1.82, 2.24) is 9.97 Å². The van der Waals surface area contributed by atoms with E-state index < -0.39 is 0 Å². The molecule has 0 aliphatic rings. The zero-order valence-corrected chi connectivity index (χ0v) is 12.6. The minimum absolute atomic E-state index is 0.0399. The van der Waals surface area contributed by atoms with Gasteiger partial charge in [-0.05, 0) is 6.92 Å². The van der Waals surface area contributed by atoms with E-state index >= 15 is 0 Å². The van der Waals surface area contributed by atoms with Crippen LogP contribution in [0.5, 0.6) is 0 Å². The number of nitrogens with zero attached hydrogens (tertiary/aromatic N) is 2. The van der Waals surface area contributed by atoms with Gasteiger partial charge in [0, 0.05) is 10.8 Å². The zero-order chi connectivity index (χ0) is 13.3. The Hall–Kier alpha value is -1.07. The summed E-state index contributed by atoms with van der Waals surface area (Å²) in [7, 11) is 0. The maximum atomic E-state index is 12.1. The molecule has 0 saturated heterocycles. The predicted molar refractivity (Wildman–Crippen MR) is 75.7 cm³/mol. The normalized spacial score (nSPS) is 11.8. The smallest absolute Gasteiger partial charge is 0.181 e. The highest BCUT2D eigenvalue weighted by Crippen LogP contribution is 2.25. The van der Waals surface area contributed by atoms with Gasteiger partial charge in [0.15, 0.2) is 5.78 Å². The lowest BCUT2D eigenvalue weighted by Crippen LogP contribution is -2.12. The van der Waals surface area contributed by atoms with Crippen molar-refractivity contribution in [2.75, 3.05) is 0 Å². The molecule has 5 heteroatoms. The predicted octanol–water partition coefficient (Wildman–Crippen LogP) is 3.63. The molecule has 0 aliphatic carbocycles. The van der Waals surface area contributed by atoms with Crippen LogP contribution in [0.1, 0.15) is 46.8 Å². The first-order valence-corrected chi connectivity index (χ1v) is 7.52. The van der Waals surface area contributed by atoms with Gasteiger partial charge in [-0.15, -0.1) is 22.7 Å². The third-order valence-electron chi connectivity index (χ3n) is 2.63. The summed E-state index contributed by atoms with van der Waals surface area (Å²) in [6.07, 6.45) is 0.379. The van der Waals surface area contributed by atoms with E-state index in [0.717, 1.165) is 21.3 Å². The SMILES string of the molecule is Cc1ncsc1C(=O)Cc1nc(C(C)(C)C)cs1. The summed E-state index contributed by atoms with van der Waals surface area (Å²) in [6, 6.07) is 0. The van der Waals surface area contributed by atoms with Gasteiger partial charge in [0.1, 0.15) is 5.01 Å². The highest BCUT2D eigenvalue weighted by molar-refractivity contribution is 7.12. The molecule has 0 atom stereocenters. The van der Waals surface area contributed by atoms with Crippen LogP contribution in [0.4, 0.5) is 0 Å². The fraction of sp³-hybridized carbons (Fsp3) is 0.462. The Bertz CT molecular complexity index is 564. The molecule has 0 bridgehead atoms. The molecule has 3 nitrogen and oxygen atoms in total. The van der Waals surface area contributed by atoms with Crippen molar-refractivity contribution in [3.05, 3.63) is 32.2 Å². The van der Waals surface area contributed by atoms with Crippen LogP contribution >= 0.6 is 22.7 Å². The van der Waals surface area contributed by atoms with Crippen molar-refractivity contribution in [2.45, 2.75) is 39.5 Å². The summed E-state index contributed by atoms with van der Waals surface area (Å²) in [5.41, 5.74) is 3.62. The zero-order valence-electron chi connectivity index (χ0n) is 11.0. The average Bonchev–Trinajstić information content (AvgIpc) is 2.85. The molecule has 2 aromatic heterocycles. The lowest BCUT2D eigenvalue weighted by atomic mass is 9.93. The van der Waals surface area contributed by atoms with E-state index in [4.69, 9.17) is 0 Å². The summed E-state index contributed by atoms with van der Waals surface area (Å²) < 4.78 is 0. The van der Waals surface area contributed by atoms with Gasteiger partial charge in [0.05, 0.1) is 28.2 Å². The van der Waals surface area contributed by atoms with Crippen molar-refractivity contribution in [2.24, 2.45) is 0 Å². The van der Waals surface area contributed by atoms with Gasteiger partial charge in [-0.1, -0.05) is 20.8 Å². The fourth-order valence-corrected chi connectivity index (χ4v) is 3.29. The number of carbonyl (C=O) groups excluding carboxylic acids is 1. The van der Waals surface area contributed by atoms with E-state index in [9.17, 15) is 4.79 Å². The third kappa shape index (κ3) is 2.84. The Balaban J connectivity index is 2.13. The lowest BCUT2D eigenvalue weighted by Gasteiger charge is -2.14. The molecule has 0 N–H and O–H groups in total. The van der Waals surface area contributed by atoms with Crippen molar-refractivity contribution < 1.29 is 4.79 Å². The van der Waals surface area contributed by atoms with Crippen LogP contribution in [0.15, 0.2) is 10.9 Å². The van der Waals surface area contributed by atoms with Crippen molar-refractivity contribution >= 4 is 28.5 Å². The number of Topliss-reactive ketones (excluding diaryl/α,β-unsaturated/α-hetero) is 1. The van der Waals surface area contributed by atoms with E-state index in [0.29, 0.717) is 6.42 Å². The monoisotopic (exact) mass is 280 g/mol. The molecule has 0 saturated carbocycles. The molecule has 18 heavy (non-hydrogen) atoms. The molecule has 96 valence electrons. The van der Waals surface area contributed by atoms with E-state index in [-0.39, 0.29) is 11.2 Å². The minimum Gasteiger partial charge on any atom is -0.293 e. The second-order valence-corrected chi connectivity index (χ2v) is 7.04. The summed E-state index contributed by atoms with van der Waals surface area (Å²) in [5, 5.41) is 2.93. The van der Waals surface area contributed by atoms with Crippen molar-refractivity contribution in [3.63, 3.8) is 0 Å². The van der Waals surface area contributed by atoms with Gasteiger partial charge in [0.2, 0.25) is 0 Å². The Morgan fingerprint density at radius 1 is 1.33 bits per heavy atom. The Morgan fingerprint density at radius 2 is 2.06 bits per heavy atom. The molecule has 0 aliphatic heterocycles. The number of rotatable bonds is 3. The highest BCUT2D eigenvalue weighted by Gasteiger charge is 2.19. The van der Waals surface area contributed by atoms with Crippen LogP contribution in [0.25, 0.3) is 0 Å². The number of aromatic nitrogens is 2. The van der Waals surface area contributed by atoms with Crippen LogP contribution in [0.3, 0.4) is 0 Å². The lowest BCUT2D eigenvalue weighted by molar-refractivity contribution is 0.0996. The van der Waals surface area contributed by atoms with Gasteiger partial charge >= 0.3 is 0 Å². The van der Waals surface area contributed by atoms with Crippen LogP contribution < -0.4 is 0 Å². The summed E-state index contributed by atoms with van der Waals surface area (Å²) in [6.45, 7) is 8.25. The number of hydrogen-bond acceptors (Lipinski definition) is 5. The Kier molecular flexibility index (Phi) is 3.64. The van der Waals surface area contributed by atoms with Gasteiger partial charge in [-0.3, -0.25) is 4.79 Å². The second kappa shape index (κ2) is 4.90. The van der Waals surface area contributed by atoms with Crippen LogP contribution in [0, 0.1) is 6.92 Å². The molecular weight excluding hydrogens is 264 g/mol. The number of hydrogen-bond donors (Lipinski definition) is 0. The molecule has 2 aromatic rings. The third-order valence-corrected chi connectivity index (χ3v) is 4.45. The van der Waals surface area contributed by atoms with Gasteiger partial charge in [0.25, 0.3) is 0 Å². The molecule has 2 rings (SSSR count). The maximum absolute atomic E-state index is 12.1. The second-order valence-electron chi connectivity index (χ2n) is 5.24. The van der Waals surface area contributed by atoms with E-state index in [1.54, 1.807) is 16.8 Å². The molecule has 2 heterocycles. The molecule has 0 amide bonds. The first-order chi connectivity index (χ1) is 8.38. The van der Waals surface area contributed by atoms with Crippen LogP contribution in [0.2, 0.25) is 0 Å². The van der Waals surface area contributed by atoms with Crippen LogP contribution in [-0.2, 0) is 11.8 Å². The summed E-state index contributed by atoms with van der Waals surface area (Å²) >= 11 is 2.97. The standard InChI is InChI=1S/C13H16N2OS2/c1-8-12(18-7-14-8)9(16)5-11-15-10(6-17-11)13(2,3)4/h6-7H,5H2,1-4H3. The van der Waals surface area contributed by atoms with Crippen molar-refractivity contribution in [1.29, 1.82) is 0 Å². The summed E-state index contributed by atoms with van der Waals surface area (Å²) in [5.74, 6) is 0.116. The number of carbonyl (C=O) groups is 1. The van der Waals surface area contributed by atoms with E-state index in [2.05, 4.69) is 30.7 Å². The molecule has 0 radical (unpaired) electrons. The molecule has 0 aromatic carbocycles. The molecular formula is C13H16N2OS2.